The standard InChI is InChI=1S/C25H26N6O3/c1-15(17-6-5-7-18-19(24(32)26-2)8-9-27-23(17)18)12-28-22-11-20(30-14-31-22)16-10-21(33-3)25(34-4)29-13-16/h5-11,13-15H,12H2,1-4H3,(H,26,32)(H,28,30,31)/t15-/m1/s1. The smallest absolute Gasteiger partial charge is 0.256 e. The van der Waals surface area contributed by atoms with Crippen molar-refractivity contribution in [3.05, 3.63) is 66.2 Å². The van der Waals surface area contributed by atoms with Crippen molar-refractivity contribution in [3.63, 3.8) is 0 Å². The summed E-state index contributed by atoms with van der Waals surface area (Å²) in [5.41, 5.74) is 3.97. The van der Waals surface area contributed by atoms with Gasteiger partial charge >= 0.3 is 0 Å². The summed E-state index contributed by atoms with van der Waals surface area (Å²) < 4.78 is 10.6. The van der Waals surface area contributed by atoms with E-state index in [1.54, 1.807) is 39.7 Å². The number of methoxy groups -OCH3 is 2. The van der Waals surface area contributed by atoms with Gasteiger partial charge in [0.2, 0.25) is 0 Å². The minimum absolute atomic E-state index is 0.109. The lowest BCUT2D eigenvalue weighted by Gasteiger charge is -2.16. The predicted octanol–water partition coefficient (Wildman–Crippen LogP) is 3.68. The zero-order chi connectivity index (χ0) is 24.1. The number of carbonyl (C=O) groups excluding carboxylic acids is 1. The molecule has 0 fully saturated rings. The quantitative estimate of drug-likeness (QED) is 0.411. The number of benzene rings is 1. The normalized spacial score (nSPS) is 11.6. The summed E-state index contributed by atoms with van der Waals surface area (Å²) in [6, 6.07) is 11.3. The van der Waals surface area contributed by atoms with Crippen molar-refractivity contribution in [2.75, 3.05) is 33.1 Å². The number of ether oxygens (including phenoxy) is 2. The number of nitrogens with one attached hydrogen (secondary N) is 2. The van der Waals surface area contributed by atoms with Crippen LogP contribution < -0.4 is 20.1 Å². The first-order chi connectivity index (χ1) is 16.5. The molecule has 0 saturated carbocycles. The van der Waals surface area contributed by atoms with E-state index in [4.69, 9.17) is 9.47 Å². The van der Waals surface area contributed by atoms with Crippen LogP contribution >= 0.6 is 0 Å². The number of fused-ring (bicyclic) bond motifs is 1. The van der Waals surface area contributed by atoms with Gasteiger partial charge < -0.3 is 20.1 Å². The van der Waals surface area contributed by atoms with Crippen LogP contribution in [0.3, 0.4) is 0 Å². The molecule has 174 valence electrons. The topological polar surface area (TPSA) is 111 Å². The Labute approximate surface area is 197 Å². The number of pyridine rings is 2. The Morgan fingerprint density at radius 2 is 1.91 bits per heavy atom. The fourth-order valence-electron chi connectivity index (χ4n) is 3.78. The second-order valence-corrected chi connectivity index (χ2v) is 7.69. The number of nitrogens with zero attached hydrogens (tertiary/aromatic N) is 4. The maximum Gasteiger partial charge on any atom is 0.256 e. The van der Waals surface area contributed by atoms with E-state index in [0.717, 1.165) is 22.0 Å². The zero-order valence-corrected chi connectivity index (χ0v) is 19.5. The molecule has 4 aromatic rings. The molecular weight excluding hydrogens is 432 g/mol. The number of aromatic nitrogens is 4. The summed E-state index contributed by atoms with van der Waals surface area (Å²) in [4.78, 5) is 29.8. The van der Waals surface area contributed by atoms with E-state index in [-0.39, 0.29) is 11.8 Å². The van der Waals surface area contributed by atoms with Crippen molar-refractivity contribution in [3.8, 4) is 22.9 Å². The molecule has 0 aliphatic carbocycles. The number of hydrogen-bond donors (Lipinski definition) is 2. The van der Waals surface area contributed by atoms with Crippen LogP contribution in [0.25, 0.3) is 22.2 Å². The molecule has 0 unspecified atom stereocenters. The zero-order valence-electron chi connectivity index (χ0n) is 19.5. The number of hydrogen-bond acceptors (Lipinski definition) is 8. The lowest BCUT2D eigenvalue weighted by Crippen LogP contribution is -2.18. The van der Waals surface area contributed by atoms with Gasteiger partial charge in [0.15, 0.2) is 5.75 Å². The summed E-state index contributed by atoms with van der Waals surface area (Å²) >= 11 is 0. The van der Waals surface area contributed by atoms with Gasteiger partial charge in [-0.25, -0.2) is 15.0 Å². The molecule has 1 aromatic carbocycles. The van der Waals surface area contributed by atoms with E-state index in [1.165, 1.54) is 6.33 Å². The molecule has 0 saturated heterocycles. The highest BCUT2D eigenvalue weighted by atomic mass is 16.5. The van der Waals surface area contributed by atoms with E-state index in [2.05, 4.69) is 37.5 Å². The number of amides is 1. The molecule has 0 bridgehead atoms. The van der Waals surface area contributed by atoms with Crippen LogP contribution in [0.4, 0.5) is 5.82 Å². The highest BCUT2D eigenvalue weighted by Gasteiger charge is 2.15. The number of rotatable bonds is 8. The van der Waals surface area contributed by atoms with Crippen LogP contribution in [0.5, 0.6) is 11.6 Å². The second kappa shape index (κ2) is 10.1. The molecule has 34 heavy (non-hydrogen) atoms. The Morgan fingerprint density at radius 1 is 1.06 bits per heavy atom. The number of para-hydroxylation sites is 1. The molecule has 1 atom stereocenters. The molecule has 4 rings (SSSR count). The first-order valence-corrected chi connectivity index (χ1v) is 10.8. The van der Waals surface area contributed by atoms with E-state index < -0.39 is 0 Å². The minimum atomic E-state index is -0.131. The van der Waals surface area contributed by atoms with Crippen LogP contribution in [0, 0.1) is 0 Å². The third kappa shape index (κ3) is 4.59. The average Bonchev–Trinajstić information content (AvgIpc) is 2.90. The molecule has 3 heterocycles. The van der Waals surface area contributed by atoms with Gasteiger partial charge in [-0.2, -0.15) is 0 Å². The minimum Gasteiger partial charge on any atom is -0.491 e. The van der Waals surface area contributed by atoms with Crippen LogP contribution in [-0.4, -0.2) is 53.7 Å². The van der Waals surface area contributed by atoms with Crippen LogP contribution in [-0.2, 0) is 0 Å². The third-order valence-electron chi connectivity index (χ3n) is 5.59. The molecular formula is C25H26N6O3. The van der Waals surface area contributed by atoms with Gasteiger partial charge in [0.1, 0.15) is 12.1 Å². The Bertz CT molecular complexity index is 1330. The highest BCUT2D eigenvalue weighted by molar-refractivity contribution is 6.06. The first-order valence-electron chi connectivity index (χ1n) is 10.8. The van der Waals surface area contributed by atoms with Crippen molar-refractivity contribution in [2.24, 2.45) is 0 Å². The molecule has 0 aliphatic heterocycles. The van der Waals surface area contributed by atoms with Gasteiger partial charge in [-0.3, -0.25) is 9.78 Å². The van der Waals surface area contributed by atoms with Crippen molar-refractivity contribution in [2.45, 2.75) is 12.8 Å². The van der Waals surface area contributed by atoms with E-state index in [9.17, 15) is 4.79 Å². The molecule has 0 radical (unpaired) electrons. The molecule has 0 spiro atoms. The largest absolute Gasteiger partial charge is 0.491 e. The Morgan fingerprint density at radius 3 is 2.68 bits per heavy atom. The fourth-order valence-corrected chi connectivity index (χ4v) is 3.78. The van der Waals surface area contributed by atoms with Crippen molar-refractivity contribution < 1.29 is 14.3 Å². The average molecular weight is 459 g/mol. The van der Waals surface area contributed by atoms with Gasteiger partial charge in [-0.05, 0) is 17.7 Å². The van der Waals surface area contributed by atoms with Crippen molar-refractivity contribution >= 4 is 22.6 Å². The van der Waals surface area contributed by atoms with Gasteiger partial charge in [-0.1, -0.05) is 25.1 Å². The van der Waals surface area contributed by atoms with E-state index >= 15 is 0 Å². The molecule has 9 nitrogen and oxygen atoms in total. The van der Waals surface area contributed by atoms with Crippen molar-refractivity contribution in [1.29, 1.82) is 0 Å². The van der Waals surface area contributed by atoms with Crippen LogP contribution in [0.1, 0.15) is 28.8 Å². The summed E-state index contributed by atoms with van der Waals surface area (Å²) in [6.45, 7) is 2.72. The summed E-state index contributed by atoms with van der Waals surface area (Å²) in [7, 11) is 4.74. The monoisotopic (exact) mass is 458 g/mol. The molecule has 1 amide bonds. The maximum atomic E-state index is 12.3. The molecule has 9 heteroatoms. The van der Waals surface area contributed by atoms with Crippen LogP contribution in [0.15, 0.2) is 55.1 Å². The van der Waals surface area contributed by atoms with Gasteiger partial charge in [-0.15, -0.1) is 0 Å². The maximum absolute atomic E-state index is 12.3. The third-order valence-corrected chi connectivity index (χ3v) is 5.59. The lowest BCUT2D eigenvalue weighted by molar-refractivity contribution is 0.0964. The molecule has 0 aliphatic rings. The summed E-state index contributed by atoms with van der Waals surface area (Å²) in [5, 5.41) is 6.90. The number of carbonyl (C=O) groups is 1. The van der Waals surface area contributed by atoms with Gasteiger partial charge in [0.25, 0.3) is 11.8 Å². The van der Waals surface area contributed by atoms with Crippen LogP contribution in [0.2, 0.25) is 0 Å². The highest BCUT2D eigenvalue weighted by Crippen LogP contribution is 2.30. The van der Waals surface area contributed by atoms with Gasteiger partial charge in [0.05, 0.1) is 31.0 Å². The SMILES string of the molecule is CNC(=O)c1ccnc2c([C@H](C)CNc3cc(-c4cnc(OC)c(OC)c4)ncn3)cccc12. The predicted molar refractivity (Wildman–Crippen MR) is 130 cm³/mol. The van der Waals surface area contributed by atoms with Crippen molar-refractivity contribution in [1.82, 2.24) is 25.3 Å². The Kier molecular flexibility index (Phi) is 6.82. The second-order valence-electron chi connectivity index (χ2n) is 7.69. The molecule has 2 N–H and O–H groups in total. The Balaban J connectivity index is 1.55. The van der Waals surface area contributed by atoms with E-state index in [0.29, 0.717) is 35.2 Å². The summed E-state index contributed by atoms with van der Waals surface area (Å²) in [6.07, 6.45) is 4.86. The summed E-state index contributed by atoms with van der Waals surface area (Å²) in [5.74, 6) is 1.61. The fraction of sp³-hybridized carbons (Fsp3) is 0.240. The van der Waals surface area contributed by atoms with Gasteiger partial charge in [0, 0.05) is 48.9 Å². The molecule has 3 aromatic heterocycles. The lowest BCUT2D eigenvalue weighted by atomic mass is 9.96. The Hall–Kier alpha value is -4.27. The number of anilines is 1. The first kappa shape index (κ1) is 22.9. The van der Waals surface area contributed by atoms with E-state index in [1.807, 2.05) is 30.3 Å².